The molecule has 0 amide bonds. The van der Waals surface area contributed by atoms with Crippen LogP contribution in [0.3, 0.4) is 0 Å². The molecule has 2 aromatic heterocycles. The first-order valence-corrected chi connectivity index (χ1v) is 19.8. The van der Waals surface area contributed by atoms with Crippen molar-refractivity contribution < 1.29 is 4.42 Å². The molecule has 3 atom stereocenters. The van der Waals surface area contributed by atoms with E-state index in [4.69, 9.17) is 4.42 Å². The molecule has 0 spiro atoms. The lowest BCUT2D eigenvalue weighted by Gasteiger charge is -2.35. The van der Waals surface area contributed by atoms with E-state index in [0.29, 0.717) is 12.0 Å². The summed E-state index contributed by atoms with van der Waals surface area (Å²) in [5.74, 6) is 0.546. The minimum atomic E-state index is 0.249. The Balaban J connectivity index is 1.07. The van der Waals surface area contributed by atoms with Crippen LogP contribution >= 0.6 is 0 Å². The molecule has 3 unspecified atom stereocenters. The molecule has 1 aliphatic heterocycles. The Kier molecular flexibility index (Phi) is 7.75. The molecule has 0 N–H and O–H groups in total. The van der Waals surface area contributed by atoms with E-state index in [-0.39, 0.29) is 5.92 Å². The minimum absolute atomic E-state index is 0.249. The second kappa shape index (κ2) is 13.3. The molecule has 4 aliphatic rings. The molecule has 0 fully saturated rings. The van der Waals surface area contributed by atoms with Crippen LogP contribution in [-0.4, -0.2) is 4.57 Å². The van der Waals surface area contributed by atoms with Crippen LogP contribution in [0.1, 0.15) is 41.0 Å². The molecule has 0 saturated carbocycles. The lowest BCUT2D eigenvalue weighted by atomic mass is 9.70. The van der Waals surface area contributed by atoms with Gasteiger partial charge in [0.15, 0.2) is 0 Å². The number of nitrogens with zero attached hydrogens (tertiary/aromatic N) is 2. The smallest absolute Gasteiger partial charge is 0.136 e. The van der Waals surface area contributed by atoms with E-state index < -0.39 is 0 Å². The van der Waals surface area contributed by atoms with Crippen molar-refractivity contribution in [2.24, 2.45) is 0 Å². The van der Waals surface area contributed by atoms with Gasteiger partial charge in [0, 0.05) is 55.8 Å². The van der Waals surface area contributed by atoms with Crippen LogP contribution in [0.2, 0.25) is 0 Å². The third-order valence-corrected chi connectivity index (χ3v) is 12.2. The first kappa shape index (κ1) is 33.3. The zero-order chi connectivity index (χ0) is 38.0. The number of para-hydroxylation sites is 1. The minimum Gasteiger partial charge on any atom is -0.456 e. The van der Waals surface area contributed by atoms with Gasteiger partial charge in [0.1, 0.15) is 11.2 Å². The molecule has 272 valence electrons. The van der Waals surface area contributed by atoms with Crippen molar-refractivity contribution in [3.05, 3.63) is 222 Å². The van der Waals surface area contributed by atoms with Crippen molar-refractivity contribution in [2.45, 2.75) is 24.3 Å². The van der Waals surface area contributed by atoms with Gasteiger partial charge in [-0.2, -0.15) is 0 Å². The highest BCUT2D eigenvalue weighted by Crippen LogP contribution is 2.51. The monoisotopic (exact) mass is 732 g/mol. The molecule has 7 aromatic rings. The van der Waals surface area contributed by atoms with Gasteiger partial charge in [-0.25, -0.2) is 0 Å². The fraction of sp³-hybridized carbons (Fsp3) is 0.0741. The summed E-state index contributed by atoms with van der Waals surface area (Å²) in [6.07, 6.45) is 31.6. The van der Waals surface area contributed by atoms with Crippen molar-refractivity contribution in [2.75, 3.05) is 4.90 Å². The number of anilines is 2. The summed E-state index contributed by atoms with van der Waals surface area (Å²) in [7, 11) is 0. The average molecular weight is 733 g/mol. The van der Waals surface area contributed by atoms with Gasteiger partial charge >= 0.3 is 0 Å². The van der Waals surface area contributed by atoms with Crippen LogP contribution in [0.5, 0.6) is 0 Å². The second-order valence-electron chi connectivity index (χ2n) is 15.3. The fourth-order valence-electron chi connectivity index (χ4n) is 9.68. The summed E-state index contributed by atoms with van der Waals surface area (Å²) in [6, 6.07) is 37.7. The second-order valence-corrected chi connectivity index (χ2v) is 15.3. The number of rotatable bonds is 7. The van der Waals surface area contributed by atoms with E-state index in [0.717, 1.165) is 51.0 Å². The van der Waals surface area contributed by atoms with Gasteiger partial charge in [0.2, 0.25) is 0 Å². The maximum atomic E-state index is 6.21. The van der Waals surface area contributed by atoms with Crippen LogP contribution in [-0.2, 0) is 0 Å². The Labute approximate surface area is 332 Å². The normalized spacial score (nSPS) is 19.3. The highest BCUT2D eigenvalue weighted by molar-refractivity contribution is 6.05. The molecule has 3 aliphatic carbocycles. The summed E-state index contributed by atoms with van der Waals surface area (Å²) in [5, 5.41) is 5.92. The molecule has 3 heteroatoms. The first-order valence-electron chi connectivity index (χ1n) is 19.8. The van der Waals surface area contributed by atoms with Crippen molar-refractivity contribution >= 4 is 62.4 Å². The van der Waals surface area contributed by atoms with Crippen molar-refractivity contribution in [3.63, 3.8) is 0 Å². The van der Waals surface area contributed by atoms with E-state index >= 15 is 0 Å². The average Bonchev–Trinajstić information content (AvgIpc) is 3.92. The highest BCUT2D eigenvalue weighted by Gasteiger charge is 2.32. The Morgan fingerprint density at radius 1 is 0.737 bits per heavy atom. The maximum absolute atomic E-state index is 6.21. The third-order valence-electron chi connectivity index (χ3n) is 12.2. The highest BCUT2D eigenvalue weighted by atomic mass is 16.3. The Bertz CT molecular complexity index is 3170. The molecule has 3 nitrogen and oxygen atoms in total. The van der Waals surface area contributed by atoms with E-state index in [2.05, 4.69) is 187 Å². The topological polar surface area (TPSA) is 21.3 Å². The van der Waals surface area contributed by atoms with Gasteiger partial charge in [-0.1, -0.05) is 135 Å². The van der Waals surface area contributed by atoms with E-state index in [1.165, 1.54) is 49.3 Å². The maximum Gasteiger partial charge on any atom is 0.136 e. The number of furan rings is 1. The van der Waals surface area contributed by atoms with Crippen LogP contribution in [0, 0.1) is 0 Å². The van der Waals surface area contributed by atoms with Crippen molar-refractivity contribution in [1.29, 1.82) is 0 Å². The Morgan fingerprint density at radius 2 is 1.53 bits per heavy atom. The number of allylic oxidation sites excluding steroid dienone is 12. The van der Waals surface area contributed by atoms with Crippen LogP contribution < -0.4 is 15.5 Å². The van der Waals surface area contributed by atoms with Crippen LogP contribution in [0.15, 0.2) is 199 Å². The molecule has 0 bridgehead atoms. The standard InChI is InChI=1S/C54H40N2O/c1-3-14-45-49-34-39(27-30-51(49)56-50-23-11-5-16-36(50)32-52(45)56)55(37(4-2)17-13-15-35-25-28-47-46-22-10-12-24-53(46)57-54(47)31-35)38-26-29-44-42-20-7-6-18-40(42)41-19-8-9-21-43(41)48(44)33-38/h3-22,24-34,41,43,50H,1-2,23H2. The SMILES string of the molecule is C=CC=c1c2n(c3ccc(N(C(C=C)=CC=Cc4ccc5c(c4)oc4ccccc45)c4ccc5c(c4)C4C=CC=CC4c4ccccc4-5)cc13)C1CC=CC=C1C=2. The molecule has 0 radical (unpaired) electrons. The molecule has 0 saturated heterocycles. The van der Waals surface area contributed by atoms with E-state index in [1.54, 1.807) is 0 Å². The Hall–Kier alpha value is -7.10. The summed E-state index contributed by atoms with van der Waals surface area (Å²) in [4.78, 5) is 2.36. The number of fused-ring (bicyclic) bond motifs is 14. The van der Waals surface area contributed by atoms with Gasteiger partial charge in [-0.3, -0.25) is 0 Å². The molecule has 57 heavy (non-hydrogen) atoms. The largest absolute Gasteiger partial charge is 0.456 e. The lowest BCUT2D eigenvalue weighted by Crippen LogP contribution is -2.26. The van der Waals surface area contributed by atoms with Gasteiger partial charge < -0.3 is 13.9 Å². The van der Waals surface area contributed by atoms with Gasteiger partial charge in [-0.05, 0) is 107 Å². The van der Waals surface area contributed by atoms with Crippen LogP contribution in [0.25, 0.3) is 62.2 Å². The third kappa shape index (κ3) is 5.27. The summed E-state index contributed by atoms with van der Waals surface area (Å²) >= 11 is 0. The predicted octanol–water partition coefficient (Wildman–Crippen LogP) is 12.6. The number of hydrogen-bond acceptors (Lipinski definition) is 2. The zero-order valence-electron chi connectivity index (χ0n) is 31.6. The lowest BCUT2D eigenvalue weighted by molar-refractivity contribution is 0.618. The quantitative estimate of drug-likeness (QED) is 0.152. The molecule has 5 aromatic carbocycles. The first-order chi connectivity index (χ1) is 28.2. The molecular formula is C54H40N2O. The van der Waals surface area contributed by atoms with Gasteiger partial charge in [0.05, 0.1) is 11.4 Å². The van der Waals surface area contributed by atoms with Crippen molar-refractivity contribution in [3.8, 4) is 11.1 Å². The van der Waals surface area contributed by atoms with Gasteiger partial charge in [-0.15, -0.1) is 0 Å². The number of benzene rings is 5. The van der Waals surface area contributed by atoms with Gasteiger partial charge in [0.25, 0.3) is 0 Å². The van der Waals surface area contributed by atoms with E-state index in [1.807, 2.05) is 24.3 Å². The fourth-order valence-corrected chi connectivity index (χ4v) is 9.68. The molecular weight excluding hydrogens is 693 g/mol. The zero-order valence-corrected chi connectivity index (χ0v) is 31.6. The van der Waals surface area contributed by atoms with Crippen molar-refractivity contribution in [1.82, 2.24) is 4.57 Å². The number of hydrogen-bond donors (Lipinski definition) is 0. The molecule has 3 heterocycles. The predicted molar refractivity (Wildman–Crippen MR) is 240 cm³/mol. The summed E-state index contributed by atoms with van der Waals surface area (Å²) < 4.78 is 8.73. The molecule has 11 rings (SSSR count). The van der Waals surface area contributed by atoms with E-state index in [9.17, 15) is 0 Å². The summed E-state index contributed by atoms with van der Waals surface area (Å²) in [5.41, 5.74) is 13.9. The number of aromatic nitrogens is 1. The Morgan fingerprint density at radius 3 is 2.42 bits per heavy atom. The summed E-state index contributed by atoms with van der Waals surface area (Å²) in [6.45, 7) is 8.50. The van der Waals surface area contributed by atoms with Crippen LogP contribution in [0.4, 0.5) is 11.4 Å².